The quantitative estimate of drug-likeness (QED) is 0.488. The topological polar surface area (TPSA) is 41.6 Å². The molecule has 1 atom stereocenters. The summed E-state index contributed by atoms with van der Waals surface area (Å²) in [5, 5.41) is 3.40. The smallest absolute Gasteiger partial charge is 0.333 e. The van der Waals surface area contributed by atoms with Gasteiger partial charge in [0, 0.05) is 18.2 Å². The third kappa shape index (κ3) is 8.78. The fraction of sp³-hybridized carbons (Fsp3) is 0.800. The number of nitrogens with zero attached hydrogens (tertiary/aromatic N) is 1. The third-order valence-electron chi connectivity index (χ3n) is 3.39. The molecule has 0 saturated heterocycles. The van der Waals surface area contributed by atoms with Gasteiger partial charge in [0.1, 0.15) is 0 Å². The van der Waals surface area contributed by atoms with Crippen molar-refractivity contribution >= 4 is 5.97 Å². The molecular weight excluding hydrogens is 240 g/mol. The summed E-state index contributed by atoms with van der Waals surface area (Å²) in [5.41, 5.74) is 0.658. The lowest BCUT2D eigenvalue weighted by atomic mass is 10.1. The van der Waals surface area contributed by atoms with Crippen LogP contribution in [-0.2, 0) is 9.53 Å². The maximum Gasteiger partial charge on any atom is 0.333 e. The first-order valence-corrected chi connectivity index (χ1v) is 7.25. The van der Waals surface area contributed by atoms with E-state index in [0.29, 0.717) is 18.2 Å². The van der Waals surface area contributed by atoms with Gasteiger partial charge in [-0.3, -0.25) is 0 Å². The van der Waals surface area contributed by atoms with Crippen molar-refractivity contribution in [1.29, 1.82) is 0 Å². The molecule has 0 saturated carbocycles. The van der Waals surface area contributed by atoms with Gasteiger partial charge in [-0.25, -0.2) is 4.79 Å². The van der Waals surface area contributed by atoms with Crippen molar-refractivity contribution in [2.45, 2.75) is 46.6 Å². The molecule has 0 fully saturated rings. The highest BCUT2D eigenvalue weighted by molar-refractivity contribution is 5.87. The molecule has 0 heterocycles. The van der Waals surface area contributed by atoms with Gasteiger partial charge >= 0.3 is 5.97 Å². The highest BCUT2D eigenvalue weighted by atomic mass is 16.5. The lowest BCUT2D eigenvalue weighted by molar-refractivity contribution is -0.136. The van der Waals surface area contributed by atoms with Crippen molar-refractivity contribution in [2.75, 3.05) is 33.3 Å². The van der Waals surface area contributed by atoms with E-state index >= 15 is 0 Å². The van der Waals surface area contributed by atoms with Crippen LogP contribution in [0.15, 0.2) is 11.6 Å². The summed E-state index contributed by atoms with van der Waals surface area (Å²) in [7, 11) is 1.41. The summed E-state index contributed by atoms with van der Waals surface area (Å²) in [4.78, 5) is 13.6. The largest absolute Gasteiger partial charge is 0.466 e. The lowest BCUT2D eigenvalue weighted by Crippen LogP contribution is -2.29. The van der Waals surface area contributed by atoms with E-state index in [2.05, 4.69) is 35.7 Å². The number of carbonyl (C=O) groups is 1. The number of hydrogen-bond acceptors (Lipinski definition) is 4. The van der Waals surface area contributed by atoms with Crippen LogP contribution in [0.25, 0.3) is 0 Å². The predicted octanol–water partition coefficient (Wildman–Crippen LogP) is 2.21. The Hall–Kier alpha value is -0.870. The zero-order valence-corrected chi connectivity index (χ0v) is 13.2. The summed E-state index contributed by atoms with van der Waals surface area (Å²) in [6.45, 7) is 12.5. The fourth-order valence-corrected chi connectivity index (χ4v) is 1.92. The minimum Gasteiger partial charge on any atom is -0.466 e. The molecule has 0 aromatic rings. The number of nitrogens with one attached hydrogen (secondary N) is 1. The minimum atomic E-state index is -0.254. The van der Waals surface area contributed by atoms with Gasteiger partial charge in [-0.2, -0.15) is 0 Å². The van der Waals surface area contributed by atoms with Crippen LogP contribution < -0.4 is 5.32 Å². The minimum absolute atomic E-state index is 0.254. The first kappa shape index (κ1) is 18.1. The molecule has 0 rings (SSSR count). The van der Waals surface area contributed by atoms with E-state index in [0.717, 1.165) is 26.1 Å². The molecule has 0 aliphatic carbocycles. The number of ether oxygens (including phenoxy) is 1. The Bertz CT molecular complexity index is 273. The molecule has 1 N–H and O–H groups in total. The Labute approximate surface area is 118 Å². The first-order chi connectivity index (χ1) is 9.04. The van der Waals surface area contributed by atoms with E-state index in [9.17, 15) is 4.79 Å². The van der Waals surface area contributed by atoms with E-state index in [4.69, 9.17) is 0 Å². The van der Waals surface area contributed by atoms with Crippen LogP contribution >= 0.6 is 0 Å². The normalized spacial score (nSPS) is 13.7. The van der Waals surface area contributed by atoms with Crippen LogP contribution in [0, 0.1) is 0 Å². The van der Waals surface area contributed by atoms with Crippen molar-refractivity contribution in [1.82, 2.24) is 10.2 Å². The number of carbonyl (C=O) groups excluding carboxylic acids is 1. The second-order valence-corrected chi connectivity index (χ2v) is 4.86. The van der Waals surface area contributed by atoms with Crippen LogP contribution in [0.3, 0.4) is 0 Å². The van der Waals surface area contributed by atoms with E-state index in [1.54, 1.807) is 6.92 Å². The Kier molecular flexibility index (Phi) is 10.5. The Morgan fingerprint density at radius 2 is 2.00 bits per heavy atom. The van der Waals surface area contributed by atoms with E-state index < -0.39 is 0 Å². The molecule has 0 amide bonds. The monoisotopic (exact) mass is 270 g/mol. The van der Waals surface area contributed by atoms with Crippen molar-refractivity contribution in [3.05, 3.63) is 11.6 Å². The molecule has 0 aliphatic heterocycles. The van der Waals surface area contributed by atoms with Crippen molar-refractivity contribution < 1.29 is 9.53 Å². The fourth-order valence-electron chi connectivity index (χ4n) is 1.92. The van der Waals surface area contributed by atoms with Gasteiger partial charge in [0.2, 0.25) is 0 Å². The van der Waals surface area contributed by atoms with Crippen molar-refractivity contribution in [3.63, 3.8) is 0 Å². The summed E-state index contributed by atoms with van der Waals surface area (Å²) in [6.07, 6.45) is 4.24. The summed E-state index contributed by atoms with van der Waals surface area (Å²) >= 11 is 0. The van der Waals surface area contributed by atoms with Gasteiger partial charge in [-0.15, -0.1) is 0 Å². The highest BCUT2D eigenvalue weighted by Crippen LogP contribution is 2.00. The van der Waals surface area contributed by atoms with E-state index in [-0.39, 0.29) is 5.97 Å². The SMILES string of the molecule is CCN(CC)CCCC(C)NC/C=C(/C)C(=O)OC. The van der Waals surface area contributed by atoms with Crippen LogP contribution in [0.4, 0.5) is 0 Å². The highest BCUT2D eigenvalue weighted by Gasteiger charge is 2.04. The predicted molar refractivity (Wildman–Crippen MR) is 80.3 cm³/mol. The van der Waals surface area contributed by atoms with Gasteiger partial charge in [0.05, 0.1) is 7.11 Å². The number of methoxy groups -OCH3 is 1. The molecule has 0 aromatic heterocycles. The van der Waals surface area contributed by atoms with Crippen LogP contribution in [0.2, 0.25) is 0 Å². The summed E-state index contributed by atoms with van der Waals surface area (Å²) in [6, 6.07) is 0.470. The van der Waals surface area contributed by atoms with Gasteiger partial charge in [-0.1, -0.05) is 19.9 Å². The van der Waals surface area contributed by atoms with E-state index in [1.807, 2.05) is 6.08 Å². The number of esters is 1. The Morgan fingerprint density at radius 3 is 2.53 bits per heavy atom. The molecule has 0 radical (unpaired) electrons. The van der Waals surface area contributed by atoms with Crippen LogP contribution in [-0.4, -0.2) is 50.2 Å². The first-order valence-electron chi connectivity index (χ1n) is 7.25. The summed E-state index contributed by atoms with van der Waals surface area (Å²) in [5.74, 6) is -0.254. The average molecular weight is 270 g/mol. The Morgan fingerprint density at radius 1 is 1.37 bits per heavy atom. The maximum absolute atomic E-state index is 11.2. The molecular formula is C15H30N2O2. The molecule has 0 aliphatic rings. The number of hydrogen-bond donors (Lipinski definition) is 1. The van der Waals surface area contributed by atoms with Crippen molar-refractivity contribution in [3.8, 4) is 0 Å². The van der Waals surface area contributed by atoms with Crippen LogP contribution in [0.5, 0.6) is 0 Å². The van der Waals surface area contributed by atoms with E-state index in [1.165, 1.54) is 13.5 Å². The molecule has 0 aromatic carbocycles. The van der Waals surface area contributed by atoms with Gasteiger partial charge in [0.15, 0.2) is 0 Å². The second kappa shape index (κ2) is 11.0. The zero-order chi connectivity index (χ0) is 14.7. The second-order valence-electron chi connectivity index (χ2n) is 4.86. The summed E-state index contributed by atoms with van der Waals surface area (Å²) < 4.78 is 4.64. The van der Waals surface area contributed by atoms with Crippen LogP contribution in [0.1, 0.15) is 40.5 Å². The van der Waals surface area contributed by atoms with Gasteiger partial charge in [-0.05, 0) is 46.3 Å². The van der Waals surface area contributed by atoms with Gasteiger partial charge < -0.3 is 15.0 Å². The molecule has 4 heteroatoms. The molecule has 1 unspecified atom stereocenters. The Balaban J connectivity index is 3.76. The molecule has 4 nitrogen and oxygen atoms in total. The van der Waals surface area contributed by atoms with Gasteiger partial charge in [0.25, 0.3) is 0 Å². The van der Waals surface area contributed by atoms with Crippen molar-refractivity contribution in [2.24, 2.45) is 0 Å². The lowest BCUT2D eigenvalue weighted by Gasteiger charge is -2.19. The molecule has 112 valence electrons. The maximum atomic E-state index is 11.2. The molecule has 0 bridgehead atoms. The number of rotatable bonds is 10. The average Bonchev–Trinajstić information content (AvgIpc) is 2.42. The molecule has 0 spiro atoms. The third-order valence-corrected chi connectivity index (χ3v) is 3.39. The molecule has 19 heavy (non-hydrogen) atoms. The standard InChI is InChI=1S/C15H30N2O2/c1-6-17(7-2)12-8-9-14(4)16-11-10-13(3)15(18)19-5/h10,14,16H,6-9,11-12H2,1-5H3/b13-10-. The zero-order valence-electron chi connectivity index (χ0n) is 13.2.